The average molecular weight is 422 g/mol. The molecule has 0 unspecified atom stereocenters. The van der Waals surface area contributed by atoms with Gasteiger partial charge >= 0.3 is 5.69 Å². The predicted molar refractivity (Wildman–Crippen MR) is 99.6 cm³/mol. The third-order valence-electron chi connectivity index (χ3n) is 3.52. The Morgan fingerprint density at radius 3 is 2.73 bits per heavy atom. The summed E-state index contributed by atoms with van der Waals surface area (Å²) in [5.41, 5.74) is 4.02. The van der Waals surface area contributed by atoms with Crippen LogP contribution < -0.4 is 10.2 Å². The molecule has 0 aliphatic rings. The molecule has 0 bridgehead atoms. The summed E-state index contributed by atoms with van der Waals surface area (Å²) in [6, 6.07) is 8.08. The van der Waals surface area contributed by atoms with Crippen LogP contribution in [0.5, 0.6) is 11.5 Å². The fourth-order valence-corrected chi connectivity index (χ4v) is 2.47. The molecule has 136 valence electrons. The Balaban J connectivity index is 1.96. The average Bonchev–Trinajstić information content (AvgIpc) is 2.58. The first-order valence-electron chi connectivity index (χ1n) is 7.47. The van der Waals surface area contributed by atoms with E-state index in [1.165, 1.54) is 12.1 Å². The first-order chi connectivity index (χ1) is 12.3. The second kappa shape index (κ2) is 8.43. The van der Waals surface area contributed by atoms with Crippen LogP contribution in [0, 0.1) is 24.0 Å². The molecule has 0 spiro atoms. The lowest BCUT2D eigenvalue weighted by molar-refractivity contribution is -0.385. The Kier molecular flexibility index (Phi) is 6.29. The van der Waals surface area contributed by atoms with E-state index in [-0.39, 0.29) is 12.2 Å². The van der Waals surface area contributed by atoms with E-state index >= 15 is 0 Å². The zero-order chi connectivity index (χ0) is 19.3. The zero-order valence-corrected chi connectivity index (χ0v) is 15.6. The summed E-state index contributed by atoms with van der Waals surface area (Å²) in [6.45, 7) is 3.67. The highest BCUT2D eigenvalue weighted by Crippen LogP contribution is 2.32. The number of aryl methyl sites for hydroxylation is 2. The molecule has 0 atom stereocenters. The Morgan fingerprint density at radius 1 is 1.35 bits per heavy atom. The van der Waals surface area contributed by atoms with Crippen LogP contribution in [0.4, 0.5) is 5.69 Å². The molecule has 0 saturated heterocycles. The summed E-state index contributed by atoms with van der Waals surface area (Å²) in [7, 11) is 0. The van der Waals surface area contributed by atoms with Crippen LogP contribution >= 0.6 is 15.9 Å². The molecule has 0 fully saturated rings. The standard InChI is InChI=1S/C17H16BrN3O5/c1-10-3-4-14(5-11(10)2)26-9-16(22)20-19-8-12-6-13(18)7-15(17(12)23)21(24)25/h3-8,23H,9H2,1-2H3,(H,20,22)/b19-8-. The summed E-state index contributed by atoms with van der Waals surface area (Å²) in [6.07, 6.45) is 1.11. The number of nitrogens with one attached hydrogen (secondary N) is 1. The van der Waals surface area contributed by atoms with E-state index in [9.17, 15) is 20.0 Å². The summed E-state index contributed by atoms with van der Waals surface area (Å²) in [5.74, 6) is -0.487. The van der Waals surface area contributed by atoms with Crippen molar-refractivity contribution in [3.05, 3.63) is 61.6 Å². The van der Waals surface area contributed by atoms with Gasteiger partial charge < -0.3 is 9.84 Å². The number of nitrogens with zero attached hydrogens (tertiary/aromatic N) is 2. The van der Waals surface area contributed by atoms with E-state index in [0.717, 1.165) is 17.3 Å². The van der Waals surface area contributed by atoms with Gasteiger partial charge in [0.1, 0.15) is 5.75 Å². The van der Waals surface area contributed by atoms with E-state index in [2.05, 4.69) is 26.5 Å². The minimum atomic E-state index is -0.715. The number of halogens is 1. The van der Waals surface area contributed by atoms with Crippen LogP contribution in [0.2, 0.25) is 0 Å². The fourth-order valence-electron chi connectivity index (χ4n) is 2.00. The number of nitro groups is 1. The number of phenols is 1. The Hall–Kier alpha value is -2.94. The minimum Gasteiger partial charge on any atom is -0.502 e. The van der Waals surface area contributed by atoms with Gasteiger partial charge in [-0.2, -0.15) is 5.10 Å². The van der Waals surface area contributed by atoms with Crippen molar-refractivity contribution in [2.75, 3.05) is 6.61 Å². The lowest BCUT2D eigenvalue weighted by Crippen LogP contribution is -2.24. The van der Waals surface area contributed by atoms with Crippen LogP contribution in [-0.2, 0) is 4.79 Å². The van der Waals surface area contributed by atoms with Crippen molar-refractivity contribution in [1.82, 2.24) is 5.43 Å². The molecule has 0 heterocycles. The molecule has 8 nitrogen and oxygen atoms in total. The van der Waals surface area contributed by atoms with E-state index in [1.54, 1.807) is 6.07 Å². The number of carbonyl (C=O) groups is 1. The molecule has 0 aromatic heterocycles. The molecule has 1 amide bonds. The topological polar surface area (TPSA) is 114 Å². The van der Waals surface area contributed by atoms with Crippen molar-refractivity contribution in [2.45, 2.75) is 13.8 Å². The summed E-state index contributed by atoms with van der Waals surface area (Å²) in [4.78, 5) is 21.9. The Bertz CT molecular complexity index is 883. The Labute approximate surface area is 157 Å². The number of hydrazone groups is 1. The van der Waals surface area contributed by atoms with Gasteiger partial charge in [0.15, 0.2) is 6.61 Å². The molecular weight excluding hydrogens is 406 g/mol. The Morgan fingerprint density at radius 2 is 2.08 bits per heavy atom. The molecular formula is C17H16BrN3O5. The molecule has 9 heteroatoms. The van der Waals surface area contributed by atoms with Gasteiger partial charge in [0.05, 0.1) is 11.1 Å². The fraction of sp³-hybridized carbons (Fsp3) is 0.176. The highest BCUT2D eigenvalue weighted by molar-refractivity contribution is 9.10. The van der Waals surface area contributed by atoms with Crippen LogP contribution in [0.3, 0.4) is 0 Å². The molecule has 0 saturated carbocycles. The molecule has 0 aliphatic carbocycles. The van der Waals surface area contributed by atoms with Gasteiger partial charge in [-0.15, -0.1) is 0 Å². The van der Waals surface area contributed by atoms with Crippen molar-refractivity contribution in [1.29, 1.82) is 0 Å². The van der Waals surface area contributed by atoms with Crippen molar-refractivity contribution >= 4 is 33.7 Å². The number of amides is 1. The number of nitro benzene ring substituents is 1. The number of hydrogen-bond donors (Lipinski definition) is 2. The van der Waals surface area contributed by atoms with Gasteiger partial charge in [-0.25, -0.2) is 5.43 Å². The normalized spacial score (nSPS) is 10.7. The predicted octanol–water partition coefficient (Wildman–Crippen LogP) is 3.21. The zero-order valence-electron chi connectivity index (χ0n) is 14.0. The third kappa shape index (κ3) is 5.03. The van der Waals surface area contributed by atoms with Crippen LogP contribution in [0.15, 0.2) is 39.9 Å². The van der Waals surface area contributed by atoms with E-state index in [1.807, 2.05) is 26.0 Å². The number of aromatic hydroxyl groups is 1. The van der Waals surface area contributed by atoms with Crippen molar-refractivity contribution in [2.24, 2.45) is 5.10 Å². The number of ether oxygens (including phenoxy) is 1. The van der Waals surface area contributed by atoms with Crippen LogP contribution in [0.25, 0.3) is 0 Å². The highest BCUT2D eigenvalue weighted by atomic mass is 79.9. The largest absolute Gasteiger partial charge is 0.502 e. The maximum Gasteiger partial charge on any atom is 0.312 e. The van der Waals surface area contributed by atoms with Gasteiger partial charge in [-0.1, -0.05) is 22.0 Å². The number of phenolic OH excluding ortho intramolecular Hbond substituents is 1. The van der Waals surface area contributed by atoms with E-state index in [0.29, 0.717) is 10.2 Å². The summed E-state index contributed by atoms with van der Waals surface area (Å²) < 4.78 is 5.76. The second-order valence-electron chi connectivity index (χ2n) is 5.45. The lowest BCUT2D eigenvalue weighted by atomic mass is 10.1. The quantitative estimate of drug-likeness (QED) is 0.422. The van der Waals surface area contributed by atoms with Gasteiger partial charge in [-0.05, 0) is 43.2 Å². The first kappa shape index (κ1) is 19.4. The van der Waals surface area contributed by atoms with Gasteiger partial charge in [0, 0.05) is 16.1 Å². The van der Waals surface area contributed by atoms with Gasteiger partial charge in [-0.3, -0.25) is 14.9 Å². The smallest absolute Gasteiger partial charge is 0.312 e. The van der Waals surface area contributed by atoms with E-state index < -0.39 is 22.3 Å². The summed E-state index contributed by atoms with van der Waals surface area (Å²) in [5, 5.41) is 24.4. The SMILES string of the molecule is Cc1ccc(OCC(=O)N/N=C\c2cc(Br)cc([N+](=O)[O-])c2O)cc1C. The van der Waals surface area contributed by atoms with Crippen LogP contribution in [0.1, 0.15) is 16.7 Å². The number of hydrogen-bond acceptors (Lipinski definition) is 6. The monoisotopic (exact) mass is 421 g/mol. The molecule has 2 N–H and O–H groups in total. The maximum atomic E-state index is 11.8. The minimum absolute atomic E-state index is 0.0847. The van der Waals surface area contributed by atoms with Gasteiger partial charge in [0.25, 0.3) is 5.91 Å². The maximum absolute atomic E-state index is 11.8. The molecule has 2 rings (SSSR count). The first-order valence-corrected chi connectivity index (χ1v) is 8.26. The number of rotatable bonds is 6. The lowest BCUT2D eigenvalue weighted by Gasteiger charge is -2.07. The number of benzene rings is 2. The van der Waals surface area contributed by atoms with E-state index in [4.69, 9.17) is 4.74 Å². The molecule has 0 radical (unpaired) electrons. The van der Waals surface area contributed by atoms with Crippen molar-refractivity contribution in [3.63, 3.8) is 0 Å². The summed E-state index contributed by atoms with van der Waals surface area (Å²) >= 11 is 3.11. The van der Waals surface area contributed by atoms with Crippen LogP contribution in [-0.4, -0.2) is 28.8 Å². The second-order valence-corrected chi connectivity index (χ2v) is 6.36. The van der Waals surface area contributed by atoms with Crippen molar-refractivity contribution < 1.29 is 19.6 Å². The molecule has 26 heavy (non-hydrogen) atoms. The molecule has 2 aromatic carbocycles. The van der Waals surface area contributed by atoms with Crippen molar-refractivity contribution in [3.8, 4) is 11.5 Å². The number of carbonyl (C=O) groups excluding carboxylic acids is 1. The highest BCUT2D eigenvalue weighted by Gasteiger charge is 2.17. The molecule has 0 aliphatic heterocycles. The molecule has 2 aromatic rings. The third-order valence-corrected chi connectivity index (χ3v) is 3.98. The van der Waals surface area contributed by atoms with Gasteiger partial charge in [0.2, 0.25) is 5.75 Å².